The highest BCUT2D eigenvalue weighted by molar-refractivity contribution is 8.54. The van der Waals surface area contributed by atoms with Crippen molar-refractivity contribution in [1.82, 2.24) is 0 Å². The molecule has 0 bridgehead atoms. The summed E-state index contributed by atoms with van der Waals surface area (Å²) >= 11 is 1.18. The molecule has 0 aliphatic heterocycles. The van der Waals surface area contributed by atoms with Gasteiger partial charge in [0.05, 0.1) is 6.10 Å². The van der Waals surface area contributed by atoms with Crippen molar-refractivity contribution in [2.75, 3.05) is 13.4 Å². The van der Waals surface area contributed by atoms with Crippen LogP contribution in [0.25, 0.3) is 0 Å². The molecule has 1 aliphatic rings. The lowest BCUT2D eigenvalue weighted by Crippen LogP contribution is -2.14. The second kappa shape index (κ2) is 5.40. The monoisotopic (exact) mass is 224 g/mol. The molecule has 0 aromatic carbocycles. The maximum absolute atomic E-state index is 11.7. The summed E-state index contributed by atoms with van der Waals surface area (Å²) in [7, 11) is 1.44. The van der Waals surface area contributed by atoms with Crippen molar-refractivity contribution >= 4 is 18.2 Å². The van der Waals surface area contributed by atoms with Crippen molar-refractivity contribution in [3.63, 3.8) is 0 Å². The van der Waals surface area contributed by atoms with Gasteiger partial charge in [-0.25, -0.2) is 4.57 Å². The molecular formula is C8H17O3PS. The Labute approximate surface area is 83.8 Å². The minimum Gasteiger partial charge on any atom is -0.304 e. The predicted molar refractivity (Wildman–Crippen MR) is 56.1 cm³/mol. The summed E-state index contributed by atoms with van der Waals surface area (Å²) < 4.78 is 22.1. The summed E-state index contributed by atoms with van der Waals surface area (Å²) in [5.41, 5.74) is 0. The Hall–Kier alpha value is 0.500. The van der Waals surface area contributed by atoms with Crippen LogP contribution in [0.4, 0.5) is 0 Å². The summed E-state index contributed by atoms with van der Waals surface area (Å²) in [5, 5.41) is 0. The average molecular weight is 224 g/mol. The van der Waals surface area contributed by atoms with Gasteiger partial charge in [0.1, 0.15) is 0 Å². The molecule has 0 amide bonds. The predicted octanol–water partition coefficient (Wildman–Crippen LogP) is 3.45. The minimum atomic E-state index is -2.83. The molecule has 1 rings (SSSR count). The van der Waals surface area contributed by atoms with Gasteiger partial charge in [-0.15, -0.1) is 0 Å². The molecule has 0 aromatic heterocycles. The standard InChI is InChI=1S/C8H17O3PS/c1-10-12(9,13-2)11-8-6-4-3-5-7-8/h8H,3-7H2,1-2H3. The van der Waals surface area contributed by atoms with Crippen molar-refractivity contribution in [3.05, 3.63) is 0 Å². The lowest BCUT2D eigenvalue weighted by Gasteiger charge is -2.24. The van der Waals surface area contributed by atoms with Crippen LogP contribution < -0.4 is 0 Å². The first-order valence-corrected chi connectivity index (χ1v) is 7.97. The number of hydrogen-bond donors (Lipinski definition) is 0. The van der Waals surface area contributed by atoms with Gasteiger partial charge < -0.3 is 4.52 Å². The van der Waals surface area contributed by atoms with Crippen molar-refractivity contribution in [1.29, 1.82) is 0 Å². The van der Waals surface area contributed by atoms with Gasteiger partial charge >= 0.3 is 6.80 Å². The molecule has 0 spiro atoms. The summed E-state index contributed by atoms with van der Waals surface area (Å²) in [4.78, 5) is 0. The third kappa shape index (κ3) is 3.62. The first kappa shape index (κ1) is 11.6. The molecule has 1 saturated carbocycles. The van der Waals surface area contributed by atoms with Crippen molar-refractivity contribution in [2.24, 2.45) is 0 Å². The SMILES string of the molecule is COP(=O)(OC1CCCCC1)SC. The lowest BCUT2D eigenvalue weighted by molar-refractivity contribution is 0.136. The van der Waals surface area contributed by atoms with Gasteiger partial charge in [0.25, 0.3) is 0 Å². The third-order valence-electron chi connectivity index (χ3n) is 2.28. The fourth-order valence-corrected chi connectivity index (χ4v) is 3.48. The van der Waals surface area contributed by atoms with E-state index in [0.717, 1.165) is 12.8 Å². The van der Waals surface area contributed by atoms with Crippen LogP contribution in [0, 0.1) is 0 Å². The van der Waals surface area contributed by atoms with Gasteiger partial charge in [-0.05, 0) is 30.5 Å². The third-order valence-corrected chi connectivity index (χ3v) is 5.78. The Morgan fingerprint density at radius 3 is 2.38 bits per heavy atom. The van der Waals surface area contributed by atoms with E-state index >= 15 is 0 Å². The fraction of sp³-hybridized carbons (Fsp3) is 1.00. The quantitative estimate of drug-likeness (QED) is 0.685. The highest BCUT2D eigenvalue weighted by Gasteiger charge is 2.27. The summed E-state index contributed by atoms with van der Waals surface area (Å²) in [6, 6.07) is 0. The minimum absolute atomic E-state index is 0.145. The average Bonchev–Trinajstić information content (AvgIpc) is 2.19. The van der Waals surface area contributed by atoms with Crippen LogP contribution >= 0.6 is 18.2 Å². The van der Waals surface area contributed by atoms with Gasteiger partial charge in [-0.1, -0.05) is 19.3 Å². The molecule has 1 unspecified atom stereocenters. The molecule has 78 valence electrons. The van der Waals surface area contributed by atoms with Crippen LogP contribution in [-0.2, 0) is 13.6 Å². The molecule has 5 heteroatoms. The van der Waals surface area contributed by atoms with Gasteiger partial charge in [-0.2, -0.15) is 0 Å². The van der Waals surface area contributed by atoms with Crippen molar-refractivity contribution in [2.45, 2.75) is 38.2 Å². The zero-order chi connectivity index (χ0) is 9.73. The molecule has 0 aromatic rings. The Bertz CT molecular complexity index is 184. The molecule has 0 heterocycles. The Morgan fingerprint density at radius 1 is 1.31 bits per heavy atom. The Kier molecular flexibility index (Phi) is 4.81. The topological polar surface area (TPSA) is 35.5 Å². The second-order valence-corrected chi connectivity index (χ2v) is 7.45. The Balaban J connectivity index is 2.40. The maximum Gasteiger partial charge on any atom is 0.388 e. The van der Waals surface area contributed by atoms with E-state index in [1.165, 1.54) is 37.8 Å². The molecule has 3 nitrogen and oxygen atoms in total. The maximum atomic E-state index is 11.7. The molecule has 1 atom stereocenters. The van der Waals surface area contributed by atoms with E-state index < -0.39 is 6.80 Å². The van der Waals surface area contributed by atoms with E-state index in [1.54, 1.807) is 6.26 Å². The van der Waals surface area contributed by atoms with Gasteiger partial charge in [0.2, 0.25) is 0 Å². The van der Waals surface area contributed by atoms with E-state index in [-0.39, 0.29) is 6.10 Å². The molecule has 0 saturated heterocycles. The largest absolute Gasteiger partial charge is 0.388 e. The molecular weight excluding hydrogens is 207 g/mol. The van der Waals surface area contributed by atoms with Crippen LogP contribution in [-0.4, -0.2) is 19.5 Å². The van der Waals surface area contributed by atoms with Gasteiger partial charge in [0, 0.05) is 7.11 Å². The van der Waals surface area contributed by atoms with E-state index in [0.29, 0.717) is 0 Å². The fourth-order valence-electron chi connectivity index (χ4n) is 1.51. The normalized spacial score (nSPS) is 24.2. The molecule has 13 heavy (non-hydrogen) atoms. The van der Waals surface area contributed by atoms with E-state index in [2.05, 4.69) is 0 Å². The molecule has 1 aliphatic carbocycles. The number of rotatable bonds is 4. The summed E-state index contributed by atoms with van der Waals surface area (Å²) in [5.74, 6) is 0. The zero-order valence-corrected chi connectivity index (χ0v) is 9.90. The summed E-state index contributed by atoms with van der Waals surface area (Å²) in [6.45, 7) is -2.83. The van der Waals surface area contributed by atoms with Crippen LogP contribution in [0.5, 0.6) is 0 Å². The van der Waals surface area contributed by atoms with Gasteiger partial charge in [0.15, 0.2) is 0 Å². The molecule has 0 radical (unpaired) electrons. The van der Waals surface area contributed by atoms with E-state index in [9.17, 15) is 4.57 Å². The van der Waals surface area contributed by atoms with Crippen molar-refractivity contribution < 1.29 is 13.6 Å². The van der Waals surface area contributed by atoms with Crippen LogP contribution in [0.15, 0.2) is 0 Å². The molecule has 1 fully saturated rings. The van der Waals surface area contributed by atoms with Crippen molar-refractivity contribution in [3.8, 4) is 0 Å². The smallest absolute Gasteiger partial charge is 0.304 e. The van der Waals surface area contributed by atoms with E-state index in [4.69, 9.17) is 9.05 Å². The second-order valence-electron chi connectivity index (χ2n) is 3.18. The highest BCUT2D eigenvalue weighted by Crippen LogP contribution is 2.60. The molecule has 0 N–H and O–H groups in total. The van der Waals surface area contributed by atoms with Crippen LogP contribution in [0.2, 0.25) is 0 Å². The van der Waals surface area contributed by atoms with E-state index in [1.807, 2.05) is 0 Å². The van der Waals surface area contributed by atoms with Crippen LogP contribution in [0.1, 0.15) is 32.1 Å². The highest BCUT2D eigenvalue weighted by atomic mass is 32.7. The van der Waals surface area contributed by atoms with Gasteiger partial charge in [-0.3, -0.25) is 4.52 Å². The lowest BCUT2D eigenvalue weighted by atomic mass is 9.98. The summed E-state index contributed by atoms with van der Waals surface area (Å²) in [6.07, 6.45) is 7.59. The number of hydrogen-bond acceptors (Lipinski definition) is 4. The first-order valence-electron chi connectivity index (χ1n) is 4.60. The van der Waals surface area contributed by atoms with Crippen LogP contribution in [0.3, 0.4) is 0 Å². The zero-order valence-electron chi connectivity index (χ0n) is 8.19. The Morgan fingerprint density at radius 2 is 1.92 bits per heavy atom. The first-order chi connectivity index (χ1) is 6.20.